The van der Waals surface area contributed by atoms with E-state index in [1.807, 2.05) is 0 Å². The van der Waals surface area contributed by atoms with Crippen LogP contribution in [0, 0.1) is 6.92 Å². The predicted molar refractivity (Wildman–Crippen MR) is 86.5 cm³/mol. The number of hydrogen-bond donors (Lipinski definition) is 0. The number of pyridine rings is 1. The van der Waals surface area contributed by atoms with E-state index >= 15 is 0 Å². The molecule has 0 atom stereocenters. The Hall–Kier alpha value is -2.27. The minimum Gasteiger partial charge on any atom is -0.497 e. The van der Waals surface area contributed by atoms with Crippen molar-refractivity contribution in [3.63, 3.8) is 0 Å². The molecule has 0 radical (unpaired) electrons. The fraction of sp³-hybridized carbons (Fsp3) is 0.118. The van der Waals surface area contributed by atoms with Gasteiger partial charge in [0.1, 0.15) is 11.4 Å². The van der Waals surface area contributed by atoms with E-state index in [4.69, 9.17) is 4.74 Å². The smallest absolute Gasteiger partial charge is 0.219 e. The van der Waals surface area contributed by atoms with Crippen molar-refractivity contribution in [2.45, 2.75) is 6.92 Å². The first-order valence-electron chi connectivity index (χ1n) is 6.64. The fourth-order valence-corrected chi connectivity index (χ4v) is 3.00. The van der Waals surface area contributed by atoms with Crippen LogP contribution >= 0.6 is 15.9 Å². The zero-order valence-electron chi connectivity index (χ0n) is 12.0. The van der Waals surface area contributed by atoms with Crippen molar-refractivity contribution in [3.05, 3.63) is 63.4 Å². The number of ketones is 2. The van der Waals surface area contributed by atoms with Gasteiger partial charge in [0.25, 0.3) is 0 Å². The molecule has 0 aliphatic heterocycles. The number of carbonyl (C=O) groups excluding carboxylic acids is 2. The molecule has 2 aromatic rings. The van der Waals surface area contributed by atoms with Crippen molar-refractivity contribution in [1.29, 1.82) is 0 Å². The molecular formula is C17H12BrNO3. The number of Topliss-reactive ketones (excluding diaryl/α,β-unsaturated/α-hetero) is 2. The molecule has 110 valence electrons. The molecule has 1 aliphatic rings. The minimum absolute atomic E-state index is 0.198. The number of nitrogens with zero attached hydrogens (tertiary/aromatic N) is 1. The van der Waals surface area contributed by atoms with Crippen LogP contribution in [0.3, 0.4) is 0 Å². The van der Waals surface area contributed by atoms with E-state index in [0.717, 1.165) is 0 Å². The summed E-state index contributed by atoms with van der Waals surface area (Å²) in [6.45, 7) is 1.78. The molecule has 0 N–H and O–H groups in total. The fourth-order valence-electron chi connectivity index (χ4n) is 2.40. The molecule has 4 nitrogen and oxygen atoms in total. The summed E-state index contributed by atoms with van der Waals surface area (Å²) >= 11 is 3.27. The molecule has 1 heterocycles. The third kappa shape index (κ3) is 2.27. The second-order valence-corrected chi connectivity index (χ2v) is 5.72. The van der Waals surface area contributed by atoms with Gasteiger partial charge in [-0.25, -0.2) is 4.98 Å². The van der Waals surface area contributed by atoms with Gasteiger partial charge in [0.2, 0.25) is 5.78 Å². The summed E-state index contributed by atoms with van der Waals surface area (Å²) in [7, 11) is 1.55. The Labute approximate surface area is 136 Å². The quantitative estimate of drug-likeness (QED) is 0.824. The van der Waals surface area contributed by atoms with E-state index in [2.05, 4.69) is 20.9 Å². The number of halogens is 1. The molecule has 0 bridgehead atoms. The van der Waals surface area contributed by atoms with Crippen molar-refractivity contribution < 1.29 is 14.3 Å². The molecule has 3 rings (SSSR count). The molecule has 0 unspecified atom stereocenters. The third-order valence-corrected chi connectivity index (χ3v) is 4.26. The maximum Gasteiger partial charge on any atom is 0.219 e. The Morgan fingerprint density at radius 2 is 1.86 bits per heavy atom. The van der Waals surface area contributed by atoms with Gasteiger partial charge in [0, 0.05) is 11.3 Å². The molecule has 0 saturated carbocycles. The lowest BCUT2D eigenvalue weighted by Crippen LogP contribution is -2.21. The van der Waals surface area contributed by atoms with Gasteiger partial charge in [-0.15, -0.1) is 0 Å². The SMILES string of the molecule is COc1cccc(C2=C(Br)C(=O)c3nc(C)ccc3C2=O)c1. The van der Waals surface area contributed by atoms with E-state index in [0.29, 0.717) is 28.1 Å². The van der Waals surface area contributed by atoms with Crippen LogP contribution < -0.4 is 4.74 Å². The van der Waals surface area contributed by atoms with Crippen molar-refractivity contribution >= 4 is 33.1 Å². The Morgan fingerprint density at radius 1 is 1.09 bits per heavy atom. The molecule has 0 spiro atoms. The van der Waals surface area contributed by atoms with E-state index in [-0.39, 0.29) is 21.7 Å². The van der Waals surface area contributed by atoms with Gasteiger partial charge in [0.05, 0.1) is 17.2 Å². The number of carbonyl (C=O) groups is 2. The van der Waals surface area contributed by atoms with Crippen LogP contribution in [0.1, 0.15) is 32.1 Å². The van der Waals surface area contributed by atoms with E-state index in [9.17, 15) is 9.59 Å². The summed E-state index contributed by atoms with van der Waals surface area (Å²) in [6.07, 6.45) is 0. The molecule has 22 heavy (non-hydrogen) atoms. The van der Waals surface area contributed by atoms with Gasteiger partial charge in [0.15, 0.2) is 5.78 Å². The van der Waals surface area contributed by atoms with Gasteiger partial charge in [-0.3, -0.25) is 9.59 Å². The van der Waals surface area contributed by atoms with Crippen LogP contribution in [-0.2, 0) is 0 Å². The van der Waals surface area contributed by atoms with Crippen LogP contribution in [0.5, 0.6) is 5.75 Å². The zero-order chi connectivity index (χ0) is 15.9. The standard InChI is InChI=1S/C17H12BrNO3/c1-9-6-7-12-15(19-9)17(21)14(18)13(16(12)20)10-4-3-5-11(8-10)22-2/h3-8H,1-2H3. The van der Waals surface area contributed by atoms with E-state index in [1.54, 1.807) is 50.4 Å². The summed E-state index contributed by atoms with van der Waals surface area (Å²) in [5.41, 5.74) is 2.20. The molecule has 0 amide bonds. The normalized spacial score (nSPS) is 14.1. The molecule has 0 saturated heterocycles. The number of ether oxygens (including phenoxy) is 1. The van der Waals surface area contributed by atoms with E-state index < -0.39 is 0 Å². The molecule has 1 aliphatic carbocycles. The van der Waals surface area contributed by atoms with Crippen molar-refractivity contribution in [1.82, 2.24) is 4.98 Å². The monoisotopic (exact) mass is 357 g/mol. The average molecular weight is 358 g/mol. The lowest BCUT2D eigenvalue weighted by Gasteiger charge is -2.18. The van der Waals surface area contributed by atoms with Crippen LogP contribution in [0.15, 0.2) is 40.9 Å². The molecule has 1 aromatic heterocycles. The number of methoxy groups -OCH3 is 1. The highest BCUT2D eigenvalue weighted by Crippen LogP contribution is 2.35. The number of rotatable bonds is 2. The number of aromatic nitrogens is 1. The van der Waals surface area contributed by atoms with Crippen molar-refractivity contribution in [3.8, 4) is 5.75 Å². The van der Waals surface area contributed by atoms with Crippen molar-refractivity contribution in [2.24, 2.45) is 0 Å². The largest absolute Gasteiger partial charge is 0.497 e. The zero-order valence-corrected chi connectivity index (χ0v) is 13.6. The van der Waals surface area contributed by atoms with Crippen LogP contribution in [0.2, 0.25) is 0 Å². The molecule has 1 aromatic carbocycles. The third-order valence-electron chi connectivity index (χ3n) is 3.50. The first kappa shape index (κ1) is 14.7. The van der Waals surface area contributed by atoms with Gasteiger partial charge in [-0.2, -0.15) is 0 Å². The maximum absolute atomic E-state index is 12.8. The molecule has 5 heteroatoms. The minimum atomic E-state index is -0.281. The summed E-state index contributed by atoms with van der Waals surface area (Å²) in [5, 5.41) is 0. The lowest BCUT2D eigenvalue weighted by atomic mass is 9.88. The number of allylic oxidation sites excluding steroid dienone is 2. The Kier molecular flexibility index (Phi) is 3.66. The highest BCUT2D eigenvalue weighted by molar-refractivity contribution is 9.12. The van der Waals surface area contributed by atoms with Gasteiger partial charge in [-0.1, -0.05) is 12.1 Å². The van der Waals surface area contributed by atoms with Gasteiger partial charge in [-0.05, 0) is 52.7 Å². The second kappa shape index (κ2) is 5.50. The van der Waals surface area contributed by atoms with Gasteiger partial charge >= 0.3 is 0 Å². The number of fused-ring (bicyclic) bond motifs is 1. The van der Waals surface area contributed by atoms with Gasteiger partial charge < -0.3 is 4.74 Å². The van der Waals surface area contributed by atoms with Crippen LogP contribution in [0.4, 0.5) is 0 Å². The number of hydrogen-bond acceptors (Lipinski definition) is 4. The lowest BCUT2D eigenvalue weighted by molar-refractivity contribution is 0.0995. The molecular weight excluding hydrogens is 346 g/mol. The molecule has 0 fully saturated rings. The maximum atomic E-state index is 12.8. The van der Waals surface area contributed by atoms with Crippen LogP contribution in [-0.4, -0.2) is 23.7 Å². The Balaban J connectivity index is 2.20. The first-order chi connectivity index (χ1) is 10.5. The second-order valence-electron chi connectivity index (χ2n) is 4.93. The summed E-state index contributed by atoms with van der Waals surface area (Å²) in [4.78, 5) is 29.5. The summed E-state index contributed by atoms with van der Waals surface area (Å²) in [5.74, 6) is 0.122. The number of benzene rings is 1. The summed E-state index contributed by atoms with van der Waals surface area (Å²) in [6, 6.07) is 10.4. The predicted octanol–water partition coefficient (Wildman–Crippen LogP) is 3.58. The number of aryl methyl sites for hydroxylation is 1. The highest BCUT2D eigenvalue weighted by atomic mass is 79.9. The Morgan fingerprint density at radius 3 is 2.59 bits per heavy atom. The van der Waals surface area contributed by atoms with Crippen molar-refractivity contribution in [2.75, 3.05) is 7.11 Å². The summed E-state index contributed by atoms with van der Waals surface area (Å²) < 4.78 is 5.41. The topological polar surface area (TPSA) is 56.3 Å². The highest BCUT2D eigenvalue weighted by Gasteiger charge is 2.33. The first-order valence-corrected chi connectivity index (χ1v) is 7.43. The Bertz CT molecular complexity index is 840. The van der Waals surface area contributed by atoms with Crippen LogP contribution in [0.25, 0.3) is 5.57 Å². The van der Waals surface area contributed by atoms with E-state index in [1.165, 1.54) is 0 Å². The average Bonchev–Trinajstić information content (AvgIpc) is 2.53.